The smallest absolute Gasteiger partial charge is 0.240 e. The Labute approximate surface area is 120 Å². The van der Waals surface area contributed by atoms with E-state index in [1.54, 1.807) is 12.1 Å². The van der Waals surface area contributed by atoms with Crippen LogP contribution in [-0.2, 0) is 10.0 Å². The molecule has 0 amide bonds. The van der Waals surface area contributed by atoms with Gasteiger partial charge in [0.1, 0.15) is 0 Å². The standard InChI is InChI=1S/C15H21NO3S/c1-11-6-8-14(9-7-11)16-20(18,19)15-5-3-4-13(10-15)12(2)17/h3-5,10-11,14,16H,6-9H2,1-2H3. The van der Waals surface area contributed by atoms with Gasteiger partial charge in [0, 0.05) is 11.6 Å². The largest absolute Gasteiger partial charge is 0.295 e. The van der Waals surface area contributed by atoms with E-state index >= 15 is 0 Å². The third-order valence-corrected chi connectivity index (χ3v) is 5.41. The Hall–Kier alpha value is -1.20. The summed E-state index contributed by atoms with van der Waals surface area (Å²) in [6.07, 6.45) is 3.88. The Balaban J connectivity index is 2.14. The molecule has 1 aliphatic rings. The van der Waals surface area contributed by atoms with Crippen LogP contribution in [-0.4, -0.2) is 20.2 Å². The number of Topliss-reactive ketones (excluding diaryl/α,β-unsaturated/α-hetero) is 1. The molecule has 5 heteroatoms. The van der Waals surface area contributed by atoms with Crippen molar-refractivity contribution in [3.05, 3.63) is 29.8 Å². The number of rotatable bonds is 4. The van der Waals surface area contributed by atoms with Crippen LogP contribution in [0, 0.1) is 5.92 Å². The first-order valence-electron chi connectivity index (χ1n) is 7.02. The number of hydrogen-bond donors (Lipinski definition) is 1. The van der Waals surface area contributed by atoms with Crippen LogP contribution in [0.4, 0.5) is 0 Å². The summed E-state index contributed by atoms with van der Waals surface area (Å²) < 4.78 is 27.4. The minimum absolute atomic E-state index is 0.0113. The van der Waals surface area contributed by atoms with Gasteiger partial charge >= 0.3 is 0 Å². The van der Waals surface area contributed by atoms with Gasteiger partial charge in [-0.05, 0) is 50.7 Å². The second-order valence-electron chi connectivity index (χ2n) is 5.66. The van der Waals surface area contributed by atoms with E-state index in [1.165, 1.54) is 19.1 Å². The zero-order valence-corrected chi connectivity index (χ0v) is 12.7. The van der Waals surface area contributed by atoms with Crippen LogP contribution < -0.4 is 4.72 Å². The molecule has 0 spiro atoms. The van der Waals surface area contributed by atoms with E-state index in [9.17, 15) is 13.2 Å². The molecule has 1 fully saturated rings. The van der Waals surface area contributed by atoms with Gasteiger partial charge in [0.25, 0.3) is 0 Å². The molecule has 2 rings (SSSR count). The molecular weight excluding hydrogens is 274 g/mol. The molecule has 0 bridgehead atoms. The molecule has 4 nitrogen and oxygen atoms in total. The van der Waals surface area contributed by atoms with Gasteiger partial charge in [-0.25, -0.2) is 13.1 Å². The van der Waals surface area contributed by atoms with E-state index in [1.807, 2.05) is 0 Å². The zero-order chi connectivity index (χ0) is 14.8. The van der Waals surface area contributed by atoms with E-state index in [2.05, 4.69) is 11.6 Å². The Morgan fingerprint density at radius 3 is 2.45 bits per heavy atom. The Bertz CT molecular complexity index is 587. The minimum atomic E-state index is -3.54. The molecule has 0 unspecified atom stereocenters. The van der Waals surface area contributed by atoms with Crippen LogP contribution in [0.15, 0.2) is 29.2 Å². The fraction of sp³-hybridized carbons (Fsp3) is 0.533. The highest BCUT2D eigenvalue weighted by atomic mass is 32.2. The molecule has 1 aromatic rings. The van der Waals surface area contributed by atoms with Gasteiger partial charge in [-0.2, -0.15) is 0 Å². The number of hydrogen-bond acceptors (Lipinski definition) is 3. The summed E-state index contributed by atoms with van der Waals surface area (Å²) in [5, 5.41) is 0. The molecule has 1 aliphatic carbocycles. The molecule has 0 heterocycles. The van der Waals surface area contributed by atoms with Crippen molar-refractivity contribution in [3.63, 3.8) is 0 Å². The van der Waals surface area contributed by atoms with E-state index < -0.39 is 10.0 Å². The Morgan fingerprint density at radius 1 is 1.20 bits per heavy atom. The van der Waals surface area contributed by atoms with Crippen molar-refractivity contribution in [1.82, 2.24) is 4.72 Å². The lowest BCUT2D eigenvalue weighted by Gasteiger charge is -2.26. The zero-order valence-electron chi connectivity index (χ0n) is 11.9. The van der Waals surface area contributed by atoms with Crippen molar-refractivity contribution in [1.29, 1.82) is 0 Å². The van der Waals surface area contributed by atoms with Crippen molar-refractivity contribution in [2.45, 2.75) is 50.5 Å². The molecule has 0 atom stereocenters. The summed E-state index contributed by atoms with van der Waals surface area (Å²) in [5.41, 5.74) is 0.421. The summed E-state index contributed by atoms with van der Waals surface area (Å²) in [6, 6.07) is 6.21. The van der Waals surface area contributed by atoms with E-state index in [-0.39, 0.29) is 16.7 Å². The number of nitrogens with one attached hydrogen (secondary N) is 1. The van der Waals surface area contributed by atoms with E-state index in [0.29, 0.717) is 11.5 Å². The van der Waals surface area contributed by atoms with Crippen LogP contribution in [0.3, 0.4) is 0 Å². The number of benzene rings is 1. The molecule has 0 saturated heterocycles. The maximum absolute atomic E-state index is 12.3. The highest BCUT2D eigenvalue weighted by Gasteiger charge is 2.24. The van der Waals surface area contributed by atoms with E-state index in [4.69, 9.17) is 0 Å². The number of sulfonamides is 1. The first-order chi connectivity index (χ1) is 9.38. The summed E-state index contributed by atoms with van der Waals surface area (Å²) in [5.74, 6) is 0.547. The van der Waals surface area contributed by atoms with Gasteiger partial charge in [-0.15, -0.1) is 0 Å². The van der Waals surface area contributed by atoms with Gasteiger partial charge < -0.3 is 0 Å². The van der Waals surface area contributed by atoms with Crippen molar-refractivity contribution in [3.8, 4) is 0 Å². The lowest BCUT2D eigenvalue weighted by atomic mass is 9.88. The van der Waals surface area contributed by atoms with Crippen LogP contribution in [0.1, 0.15) is 49.9 Å². The molecule has 1 aromatic carbocycles. The molecule has 0 aromatic heterocycles. The quantitative estimate of drug-likeness (QED) is 0.869. The lowest BCUT2D eigenvalue weighted by molar-refractivity contribution is 0.101. The van der Waals surface area contributed by atoms with Gasteiger partial charge in [0.2, 0.25) is 10.0 Å². The van der Waals surface area contributed by atoms with Crippen LogP contribution in [0.2, 0.25) is 0 Å². The normalized spacial score (nSPS) is 23.5. The van der Waals surface area contributed by atoms with Crippen molar-refractivity contribution >= 4 is 15.8 Å². The maximum atomic E-state index is 12.3. The second-order valence-corrected chi connectivity index (χ2v) is 7.38. The lowest BCUT2D eigenvalue weighted by Crippen LogP contribution is -2.37. The first-order valence-corrected chi connectivity index (χ1v) is 8.50. The van der Waals surface area contributed by atoms with Gasteiger partial charge in [-0.1, -0.05) is 19.1 Å². The third-order valence-electron chi connectivity index (χ3n) is 3.89. The highest BCUT2D eigenvalue weighted by Crippen LogP contribution is 2.24. The molecule has 0 aliphatic heterocycles. The molecule has 20 heavy (non-hydrogen) atoms. The summed E-state index contributed by atoms with van der Waals surface area (Å²) in [7, 11) is -3.54. The van der Waals surface area contributed by atoms with Crippen molar-refractivity contribution in [2.75, 3.05) is 0 Å². The highest BCUT2D eigenvalue weighted by molar-refractivity contribution is 7.89. The maximum Gasteiger partial charge on any atom is 0.240 e. The monoisotopic (exact) mass is 295 g/mol. The van der Waals surface area contributed by atoms with Crippen LogP contribution in [0.5, 0.6) is 0 Å². The molecule has 1 N–H and O–H groups in total. The number of carbonyl (C=O) groups excluding carboxylic acids is 1. The fourth-order valence-electron chi connectivity index (χ4n) is 2.55. The predicted octanol–water partition coefficient (Wildman–Crippen LogP) is 2.75. The second kappa shape index (κ2) is 6.06. The van der Waals surface area contributed by atoms with Gasteiger partial charge in [0.15, 0.2) is 5.78 Å². The molecule has 110 valence electrons. The first kappa shape index (κ1) is 15.2. The average molecular weight is 295 g/mol. The Morgan fingerprint density at radius 2 is 1.85 bits per heavy atom. The van der Waals surface area contributed by atoms with Crippen molar-refractivity contribution < 1.29 is 13.2 Å². The summed E-state index contributed by atoms with van der Waals surface area (Å²) in [6.45, 7) is 3.63. The van der Waals surface area contributed by atoms with Crippen LogP contribution >= 0.6 is 0 Å². The molecule has 0 radical (unpaired) electrons. The summed E-state index contributed by atoms with van der Waals surface area (Å²) >= 11 is 0. The van der Waals surface area contributed by atoms with Gasteiger partial charge in [0.05, 0.1) is 4.90 Å². The topological polar surface area (TPSA) is 63.2 Å². The van der Waals surface area contributed by atoms with Crippen LogP contribution in [0.25, 0.3) is 0 Å². The summed E-state index contributed by atoms with van der Waals surface area (Å²) in [4.78, 5) is 11.5. The fourth-order valence-corrected chi connectivity index (χ4v) is 3.90. The predicted molar refractivity (Wildman–Crippen MR) is 78.2 cm³/mol. The number of carbonyl (C=O) groups is 1. The van der Waals surface area contributed by atoms with Crippen molar-refractivity contribution in [2.24, 2.45) is 5.92 Å². The minimum Gasteiger partial charge on any atom is -0.295 e. The third kappa shape index (κ3) is 3.67. The van der Waals surface area contributed by atoms with Gasteiger partial charge in [-0.3, -0.25) is 4.79 Å². The number of ketones is 1. The molecule has 1 saturated carbocycles. The van der Waals surface area contributed by atoms with E-state index in [0.717, 1.165) is 25.7 Å². The average Bonchev–Trinajstić information content (AvgIpc) is 2.41. The SMILES string of the molecule is CC(=O)c1cccc(S(=O)(=O)NC2CCC(C)CC2)c1. The molecular formula is C15H21NO3S. The Kier molecular flexibility index (Phi) is 4.60.